The Kier molecular flexibility index (Phi) is 4.58. The van der Waals surface area contributed by atoms with E-state index in [2.05, 4.69) is 5.10 Å². The molecular weight excluding hydrogens is 326 g/mol. The number of amides is 1. The van der Waals surface area contributed by atoms with Gasteiger partial charge in [0.25, 0.3) is 15.9 Å². The minimum absolute atomic E-state index is 0.0674. The highest BCUT2D eigenvalue weighted by molar-refractivity contribution is 7.90. The van der Waals surface area contributed by atoms with E-state index >= 15 is 0 Å². The molecule has 1 N–H and O–H groups in total. The molecule has 0 spiro atoms. The summed E-state index contributed by atoms with van der Waals surface area (Å²) in [5.41, 5.74) is 0.827. The topological polar surface area (TPSA) is 81.1 Å². The van der Waals surface area contributed by atoms with Crippen LogP contribution in [0.2, 0.25) is 5.02 Å². The molecule has 1 aromatic heterocycles. The number of hydrogen-bond donors (Lipinski definition) is 1. The molecule has 1 heterocycles. The Labute approximate surface area is 134 Å². The molecule has 1 amide bonds. The highest BCUT2D eigenvalue weighted by atomic mass is 35.5. The molecule has 2 rings (SSSR count). The van der Waals surface area contributed by atoms with Gasteiger partial charge in [-0.05, 0) is 39.0 Å². The summed E-state index contributed by atoms with van der Waals surface area (Å²) in [6.07, 6.45) is 1.36. The van der Waals surface area contributed by atoms with Crippen molar-refractivity contribution < 1.29 is 13.2 Å². The molecule has 0 aliphatic rings. The Balaban J connectivity index is 2.29. The second kappa shape index (κ2) is 6.10. The zero-order chi connectivity index (χ0) is 16.5. The number of carbonyl (C=O) groups is 1. The van der Waals surface area contributed by atoms with Crippen molar-refractivity contribution in [3.63, 3.8) is 0 Å². The van der Waals surface area contributed by atoms with Crippen molar-refractivity contribution >= 4 is 27.5 Å². The number of carbonyl (C=O) groups excluding carboxylic acids is 1. The molecule has 0 aliphatic heterocycles. The highest BCUT2D eigenvalue weighted by Gasteiger charge is 2.22. The van der Waals surface area contributed by atoms with Gasteiger partial charge in [0.1, 0.15) is 0 Å². The van der Waals surface area contributed by atoms with Crippen LogP contribution in [-0.2, 0) is 10.0 Å². The van der Waals surface area contributed by atoms with Gasteiger partial charge in [0.05, 0.1) is 16.7 Å². The first-order valence-corrected chi connectivity index (χ1v) is 8.45. The van der Waals surface area contributed by atoms with E-state index in [4.69, 9.17) is 11.6 Å². The van der Waals surface area contributed by atoms with E-state index in [0.29, 0.717) is 5.69 Å². The van der Waals surface area contributed by atoms with E-state index in [1.807, 2.05) is 18.6 Å². The van der Waals surface area contributed by atoms with Crippen molar-refractivity contribution in [1.29, 1.82) is 0 Å². The summed E-state index contributed by atoms with van der Waals surface area (Å²) in [5, 5.41) is 4.37. The van der Waals surface area contributed by atoms with Crippen molar-refractivity contribution in [3.05, 3.63) is 46.7 Å². The van der Waals surface area contributed by atoms with E-state index in [9.17, 15) is 13.2 Å². The molecule has 0 saturated carbocycles. The van der Waals surface area contributed by atoms with Crippen LogP contribution in [0, 0.1) is 6.92 Å². The number of benzene rings is 1. The van der Waals surface area contributed by atoms with Gasteiger partial charge in [-0.2, -0.15) is 5.10 Å². The predicted molar refractivity (Wildman–Crippen MR) is 83.5 cm³/mol. The molecule has 0 saturated heterocycles. The Bertz CT molecular complexity index is 812. The molecule has 0 unspecified atom stereocenters. The number of sulfonamides is 1. The molecule has 8 heteroatoms. The zero-order valence-corrected chi connectivity index (χ0v) is 13.9. The van der Waals surface area contributed by atoms with Crippen LogP contribution in [-0.4, -0.2) is 24.1 Å². The maximum absolute atomic E-state index is 12.2. The molecule has 0 atom stereocenters. The van der Waals surface area contributed by atoms with Crippen LogP contribution in [0.4, 0.5) is 0 Å². The Hall–Kier alpha value is -1.86. The maximum atomic E-state index is 12.2. The van der Waals surface area contributed by atoms with E-state index in [1.54, 1.807) is 17.7 Å². The molecule has 6 nitrogen and oxygen atoms in total. The lowest BCUT2D eigenvalue weighted by atomic mass is 10.2. The van der Waals surface area contributed by atoms with Crippen LogP contribution >= 0.6 is 11.6 Å². The van der Waals surface area contributed by atoms with Crippen LogP contribution in [0.25, 0.3) is 0 Å². The fourth-order valence-electron chi connectivity index (χ4n) is 2.04. The standard InChI is InChI=1S/C14H16ClN3O3S/c1-9(2)18-10(3)13(8-16-18)14(19)17-22(20,21)12-6-4-5-11(15)7-12/h4-9H,1-3H3,(H,17,19). The van der Waals surface area contributed by atoms with Gasteiger partial charge < -0.3 is 0 Å². The molecule has 0 radical (unpaired) electrons. The lowest BCUT2D eigenvalue weighted by molar-refractivity contribution is 0.0980. The summed E-state index contributed by atoms with van der Waals surface area (Å²) in [5.74, 6) is -0.718. The van der Waals surface area contributed by atoms with Gasteiger partial charge in [0.2, 0.25) is 0 Å². The van der Waals surface area contributed by atoms with Gasteiger partial charge >= 0.3 is 0 Å². The first kappa shape index (κ1) is 16.5. The molecule has 118 valence electrons. The largest absolute Gasteiger partial charge is 0.268 e. The molecule has 1 aromatic carbocycles. The average Bonchev–Trinajstić information content (AvgIpc) is 2.80. The minimum Gasteiger partial charge on any atom is -0.268 e. The van der Waals surface area contributed by atoms with Crippen molar-refractivity contribution in [2.45, 2.75) is 31.7 Å². The molecule has 0 aliphatic carbocycles. The summed E-state index contributed by atoms with van der Waals surface area (Å²) < 4.78 is 28.1. The number of aromatic nitrogens is 2. The Morgan fingerprint density at radius 1 is 1.36 bits per heavy atom. The Morgan fingerprint density at radius 3 is 2.59 bits per heavy atom. The zero-order valence-electron chi connectivity index (χ0n) is 12.4. The third-order valence-corrected chi connectivity index (χ3v) is 4.68. The van der Waals surface area contributed by atoms with Crippen LogP contribution in [0.15, 0.2) is 35.4 Å². The summed E-state index contributed by atoms with van der Waals surface area (Å²) >= 11 is 5.78. The van der Waals surface area contributed by atoms with E-state index in [0.717, 1.165) is 0 Å². The predicted octanol–water partition coefficient (Wildman–Crippen LogP) is 2.54. The number of rotatable bonds is 4. The van der Waals surface area contributed by atoms with Gasteiger partial charge in [-0.3, -0.25) is 9.48 Å². The first-order valence-electron chi connectivity index (χ1n) is 6.59. The van der Waals surface area contributed by atoms with E-state index < -0.39 is 15.9 Å². The normalized spacial score (nSPS) is 11.7. The Morgan fingerprint density at radius 2 is 2.05 bits per heavy atom. The summed E-state index contributed by atoms with van der Waals surface area (Å²) in [6, 6.07) is 5.78. The molecule has 22 heavy (non-hydrogen) atoms. The number of nitrogens with zero attached hydrogens (tertiary/aromatic N) is 2. The second-order valence-corrected chi connectivity index (χ2v) is 7.19. The average molecular weight is 342 g/mol. The van der Waals surface area contributed by atoms with E-state index in [-0.39, 0.29) is 21.5 Å². The third-order valence-electron chi connectivity index (χ3n) is 3.11. The minimum atomic E-state index is -3.98. The lowest BCUT2D eigenvalue weighted by Crippen LogP contribution is -2.31. The first-order chi connectivity index (χ1) is 10.2. The maximum Gasteiger partial charge on any atom is 0.268 e. The fourth-order valence-corrected chi connectivity index (χ4v) is 3.30. The summed E-state index contributed by atoms with van der Waals surface area (Å²) in [6.45, 7) is 5.56. The van der Waals surface area contributed by atoms with E-state index in [1.165, 1.54) is 24.4 Å². The van der Waals surface area contributed by atoms with Crippen LogP contribution < -0.4 is 4.72 Å². The second-order valence-electron chi connectivity index (χ2n) is 5.07. The van der Waals surface area contributed by atoms with Gasteiger partial charge in [0, 0.05) is 16.8 Å². The van der Waals surface area contributed by atoms with Gasteiger partial charge in [-0.25, -0.2) is 13.1 Å². The van der Waals surface area contributed by atoms with Crippen molar-refractivity contribution in [3.8, 4) is 0 Å². The number of hydrogen-bond acceptors (Lipinski definition) is 4. The smallest absolute Gasteiger partial charge is 0.268 e. The molecule has 2 aromatic rings. The lowest BCUT2D eigenvalue weighted by Gasteiger charge is -2.09. The van der Waals surface area contributed by atoms with Crippen molar-refractivity contribution in [2.75, 3.05) is 0 Å². The van der Waals surface area contributed by atoms with Crippen molar-refractivity contribution in [2.24, 2.45) is 0 Å². The number of nitrogens with one attached hydrogen (secondary N) is 1. The fraction of sp³-hybridized carbons (Fsp3) is 0.286. The number of halogens is 1. The third kappa shape index (κ3) is 3.31. The molecular formula is C14H16ClN3O3S. The summed E-state index contributed by atoms with van der Waals surface area (Å²) in [7, 11) is -3.98. The van der Waals surface area contributed by atoms with Crippen LogP contribution in [0.3, 0.4) is 0 Å². The highest BCUT2D eigenvalue weighted by Crippen LogP contribution is 2.17. The van der Waals surface area contributed by atoms with Crippen molar-refractivity contribution in [1.82, 2.24) is 14.5 Å². The molecule has 0 fully saturated rings. The van der Waals surface area contributed by atoms with Gasteiger partial charge in [0.15, 0.2) is 0 Å². The monoisotopic (exact) mass is 341 g/mol. The quantitative estimate of drug-likeness (QED) is 0.926. The van der Waals surface area contributed by atoms with Crippen LogP contribution in [0.5, 0.6) is 0 Å². The summed E-state index contributed by atoms with van der Waals surface area (Å²) in [4.78, 5) is 12.1. The van der Waals surface area contributed by atoms with Gasteiger partial charge in [-0.1, -0.05) is 17.7 Å². The molecule has 0 bridgehead atoms. The van der Waals surface area contributed by atoms with Gasteiger partial charge in [-0.15, -0.1) is 0 Å². The SMILES string of the molecule is Cc1c(C(=O)NS(=O)(=O)c2cccc(Cl)c2)cnn1C(C)C. The van der Waals surface area contributed by atoms with Crippen LogP contribution in [0.1, 0.15) is 35.9 Å².